The van der Waals surface area contributed by atoms with Crippen LogP contribution in [0.3, 0.4) is 0 Å². The molecule has 0 fully saturated rings. The van der Waals surface area contributed by atoms with Crippen molar-refractivity contribution < 1.29 is 9.00 Å². The maximum atomic E-state index is 12.1. The van der Waals surface area contributed by atoms with Gasteiger partial charge in [-0.05, 0) is 24.6 Å². The lowest BCUT2D eigenvalue weighted by molar-refractivity contribution is 0.0950. The second kappa shape index (κ2) is 6.04. The number of anilines is 1. The van der Waals surface area contributed by atoms with Crippen LogP contribution in [0.15, 0.2) is 18.2 Å². The second-order valence-electron chi connectivity index (χ2n) is 4.73. The first-order chi connectivity index (χ1) is 9.49. The maximum absolute atomic E-state index is 12.1. The van der Waals surface area contributed by atoms with Crippen molar-refractivity contribution in [2.75, 3.05) is 18.5 Å². The predicted molar refractivity (Wildman–Crippen MR) is 81.0 cm³/mol. The SMILES string of the molecule is CC(CCNC(=O)c1n[nH]c2ccc(N)cc12)S(C)=O. The van der Waals surface area contributed by atoms with Gasteiger partial charge in [-0.15, -0.1) is 0 Å². The monoisotopic (exact) mass is 294 g/mol. The Morgan fingerprint density at radius 1 is 1.55 bits per heavy atom. The number of nitrogens with zero attached hydrogens (tertiary/aromatic N) is 1. The molecule has 1 aromatic carbocycles. The van der Waals surface area contributed by atoms with Crippen LogP contribution in [0.25, 0.3) is 10.9 Å². The molecule has 4 N–H and O–H groups in total. The first-order valence-corrected chi connectivity index (χ1v) is 7.95. The fourth-order valence-electron chi connectivity index (χ4n) is 1.84. The van der Waals surface area contributed by atoms with Crippen LogP contribution in [-0.4, -0.2) is 38.4 Å². The van der Waals surface area contributed by atoms with Gasteiger partial charge in [-0.2, -0.15) is 5.10 Å². The van der Waals surface area contributed by atoms with Crippen LogP contribution < -0.4 is 11.1 Å². The van der Waals surface area contributed by atoms with Crippen molar-refractivity contribution in [2.45, 2.75) is 18.6 Å². The van der Waals surface area contributed by atoms with Crippen LogP contribution in [0.1, 0.15) is 23.8 Å². The van der Waals surface area contributed by atoms with Crippen molar-refractivity contribution in [3.63, 3.8) is 0 Å². The molecule has 6 nitrogen and oxygen atoms in total. The second-order valence-corrected chi connectivity index (χ2v) is 6.53. The molecule has 0 saturated carbocycles. The number of amides is 1. The summed E-state index contributed by atoms with van der Waals surface area (Å²) >= 11 is 0. The first kappa shape index (κ1) is 14.5. The Bertz CT molecular complexity index is 653. The molecule has 0 aliphatic rings. The van der Waals surface area contributed by atoms with E-state index in [0.29, 0.717) is 29.7 Å². The third kappa shape index (κ3) is 3.16. The van der Waals surface area contributed by atoms with E-state index in [1.807, 2.05) is 6.92 Å². The quantitative estimate of drug-likeness (QED) is 0.717. The summed E-state index contributed by atoms with van der Waals surface area (Å²) in [6, 6.07) is 5.26. The number of hydrogen-bond donors (Lipinski definition) is 3. The fraction of sp³-hybridized carbons (Fsp3) is 0.385. The van der Waals surface area contributed by atoms with Crippen LogP contribution >= 0.6 is 0 Å². The molecule has 1 amide bonds. The van der Waals surface area contributed by atoms with E-state index in [-0.39, 0.29) is 11.2 Å². The number of fused-ring (bicyclic) bond motifs is 1. The number of rotatable bonds is 5. The van der Waals surface area contributed by atoms with E-state index >= 15 is 0 Å². The summed E-state index contributed by atoms with van der Waals surface area (Å²) in [6.45, 7) is 2.36. The number of carbonyl (C=O) groups excluding carboxylic acids is 1. The molecule has 2 unspecified atom stereocenters. The van der Waals surface area contributed by atoms with Gasteiger partial charge in [0.15, 0.2) is 5.69 Å². The van der Waals surface area contributed by atoms with Crippen LogP contribution in [0.5, 0.6) is 0 Å². The van der Waals surface area contributed by atoms with Crippen LogP contribution in [-0.2, 0) is 10.8 Å². The average molecular weight is 294 g/mol. The summed E-state index contributed by atoms with van der Waals surface area (Å²) < 4.78 is 11.2. The number of benzene rings is 1. The minimum absolute atomic E-state index is 0.0573. The molecule has 2 rings (SSSR count). The zero-order valence-corrected chi connectivity index (χ0v) is 12.3. The number of aromatic amines is 1. The highest BCUT2D eigenvalue weighted by atomic mass is 32.2. The Kier molecular flexibility index (Phi) is 4.39. The molecule has 0 aliphatic carbocycles. The normalized spacial score (nSPS) is 14.1. The summed E-state index contributed by atoms with van der Waals surface area (Å²) in [5, 5.41) is 10.4. The number of nitrogen functional groups attached to an aromatic ring is 1. The Balaban J connectivity index is 2.04. The zero-order chi connectivity index (χ0) is 14.7. The molecular weight excluding hydrogens is 276 g/mol. The lowest BCUT2D eigenvalue weighted by atomic mass is 10.2. The zero-order valence-electron chi connectivity index (χ0n) is 11.5. The molecule has 1 heterocycles. The third-order valence-electron chi connectivity index (χ3n) is 3.21. The molecule has 0 bridgehead atoms. The van der Waals surface area contributed by atoms with Crippen molar-refractivity contribution in [3.8, 4) is 0 Å². The minimum atomic E-state index is -0.877. The maximum Gasteiger partial charge on any atom is 0.272 e. The number of nitrogens with one attached hydrogen (secondary N) is 2. The van der Waals surface area contributed by atoms with E-state index in [4.69, 9.17) is 5.73 Å². The molecule has 0 spiro atoms. The molecule has 108 valence electrons. The van der Waals surface area contributed by atoms with Crippen molar-refractivity contribution >= 4 is 33.3 Å². The van der Waals surface area contributed by atoms with E-state index in [1.54, 1.807) is 24.5 Å². The third-order valence-corrected chi connectivity index (χ3v) is 4.57. The van der Waals surface area contributed by atoms with Crippen molar-refractivity contribution in [3.05, 3.63) is 23.9 Å². The highest BCUT2D eigenvalue weighted by molar-refractivity contribution is 7.84. The summed E-state index contributed by atoms with van der Waals surface area (Å²) in [6.07, 6.45) is 2.33. The van der Waals surface area contributed by atoms with E-state index in [9.17, 15) is 9.00 Å². The summed E-state index contributed by atoms with van der Waals surface area (Å²) in [7, 11) is -0.877. The van der Waals surface area contributed by atoms with Crippen LogP contribution in [0, 0.1) is 0 Å². The molecule has 0 radical (unpaired) electrons. The van der Waals surface area contributed by atoms with Gasteiger partial charge in [-0.25, -0.2) is 0 Å². The van der Waals surface area contributed by atoms with E-state index in [1.165, 1.54) is 0 Å². The highest BCUT2D eigenvalue weighted by Gasteiger charge is 2.14. The van der Waals surface area contributed by atoms with Gasteiger partial charge in [-0.3, -0.25) is 14.1 Å². The van der Waals surface area contributed by atoms with E-state index < -0.39 is 10.8 Å². The lowest BCUT2D eigenvalue weighted by Crippen LogP contribution is -2.27. The summed E-state index contributed by atoms with van der Waals surface area (Å²) in [5.41, 5.74) is 7.41. The molecule has 7 heteroatoms. The smallest absolute Gasteiger partial charge is 0.272 e. The van der Waals surface area contributed by atoms with Crippen LogP contribution in [0.2, 0.25) is 0 Å². The van der Waals surface area contributed by atoms with Gasteiger partial charge in [0.1, 0.15) is 0 Å². The van der Waals surface area contributed by atoms with Gasteiger partial charge < -0.3 is 11.1 Å². The van der Waals surface area contributed by atoms with Gasteiger partial charge in [0, 0.05) is 39.9 Å². The van der Waals surface area contributed by atoms with Gasteiger partial charge in [0.2, 0.25) is 0 Å². The number of carbonyl (C=O) groups is 1. The topological polar surface area (TPSA) is 101 Å². The van der Waals surface area contributed by atoms with Gasteiger partial charge in [-0.1, -0.05) is 6.92 Å². The number of hydrogen-bond acceptors (Lipinski definition) is 4. The Labute approximate surface area is 119 Å². The number of H-pyrrole nitrogens is 1. The number of nitrogens with two attached hydrogens (primary N) is 1. The molecular formula is C13H18N4O2S. The van der Waals surface area contributed by atoms with E-state index in [0.717, 1.165) is 5.52 Å². The van der Waals surface area contributed by atoms with Crippen molar-refractivity contribution in [2.24, 2.45) is 0 Å². The molecule has 1 aromatic heterocycles. The predicted octanol–water partition coefficient (Wildman–Crippen LogP) is 1.03. The van der Waals surface area contributed by atoms with E-state index in [2.05, 4.69) is 15.5 Å². The van der Waals surface area contributed by atoms with Gasteiger partial charge in [0.25, 0.3) is 5.91 Å². The molecule has 0 aliphatic heterocycles. The summed E-state index contributed by atoms with van der Waals surface area (Å²) in [5.74, 6) is -0.254. The molecule has 2 atom stereocenters. The Hall–Kier alpha value is -1.89. The Morgan fingerprint density at radius 3 is 3.00 bits per heavy atom. The fourth-order valence-corrected chi connectivity index (χ4v) is 2.29. The summed E-state index contributed by atoms with van der Waals surface area (Å²) in [4.78, 5) is 12.1. The first-order valence-electron chi connectivity index (χ1n) is 6.33. The van der Waals surface area contributed by atoms with Crippen molar-refractivity contribution in [1.29, 1.82) is 0 Å². The van der Waals surface area contributed by atoms with Gasteiger partial charge >= 0.3 is 0 Å². The van der Waals surface area contributed by atoms with Crippen molar-refractivity contribution in [1.82, 2.24) is 15.5 Å². The minimum Gasteiger partial charge on any atom is -0.399 e. The largest absolute Gasteiger partial charge is 0.399 e. The molecule has 2 aromatic rings. The lowest BCUT2D eigenvalue weighted by Gasteiger charge is -2.08. The average Bonchev–Trinajstić information content (AvgIpc) is 2.81. The highest BCUT2D eigenvalue weighted by Crippen LogP contribution is 2.18. The number of aromatic nitrogens is 2. The molecule has 20 heavy (non-hydrogen) atoms. The van der Waals surface area contributed by atoms with Crippen LogP contribution in [0.4, 0.5) is 5.69 Å². The Morgan fingerprint density at radius 2 is 2.30 bits per heavy atom. The standard InChI is InChI=1S/C13H18N4O2S/c1-8(20(2)19)5-6-15-13(18)12-10-7-9(14)3-4-11(10)16-17-12/h3-4,7-8H,5-6,14H2,1-2H3,(H,15,18)(H,16,17). The molecule has 0 saturated heterocycles. The van der Waals surface area contributed by atoms with Gasteiger partial charge in [0.05, 0.1) is 5.52 Å².